The van der Waals surface area contributed by atoms with Crippen molar-refractivity contribution in [2.24, 2.45) is 5.73 Å². The third-order valence-corrected chi connectivity index (χ3v) is 0.954. The quantitative estimate of drug-likeness (QED) is 0.219. The Hall–Kier alpha value is 0.420. The lowest BCUT2D eigenvalue weighted by Crippen LogP contribution is -2.52. The molecule has 6 heteroatoms. The molecule has 0 aromatic heterocycles. The van der Waals surface area contributed by atoms with Crippen molar-refractivity contribution in [3.05, 3.63) is 0 Å². The molecule has 0 saturated heterocycles. The maximum atomic E-state index is 8.08. The average molecular weight is 162 g/mol. The van der Waals surface area contributed by atoms with E-state index in [2.05, 4.69) is 5.73 Å². The number of hydrogen-bond acceptors (Lipinski definition) is 4. The molecule has 0 unspecified atom stereocenters. The van der Waals surface area contributed by atoms with Crippen molar-refractivity contribution in [2.75, 3.05) is 0 Å². The van der Waals surface area contributed by atoms with E-state index in [9.17, 15) is 0 Å². The summed E-state index contributed by atoms with van der Waals surface area (Å²) in [5, 5.41) is 24.2. The minimum atomic E-state index is -3.25. The predicted octanol–water partition coefficient (Wildman–Crippen LogP) is -1.29. The van der Waals surface area contributed by atoms with Gasteiger partial charge in [-0.3, -0.25) is 5.73 Å². The van der Waals surface area contributed by atoms with Gasteiger partial charge in [-0.05, 0) is 0 Å². The molecule has 0 bridgehead atoms. The molecule has 8 heavy (non-hydrogen) atoms. The summed E-state index contributed by atoms with van der Waals surface area (Å²) in [4.78, 5) is 0. The zero-order chi connectivity index (χ0) is 7.00. The largest absolute Gasteiger partial charge is 0.340 e. The summed E-state index contributed by atoms with van der Waals surface area (Å²) in [6.45, 7) is 0. The highest BCUT2D eigenvalue weighted by atomic mass is 35.5. The van der Waals surface area contributed by atoms with E-state index in [4.69, 9.17) is 38.5 Å². The summed E-state index contributed by atoms with van der Waals surface area (Å²) in [7, 11) is 0. The molecule has 4 nitrogen and oxygen atoms in total. The lowest BCUT2D eigenvalue weighted by atomic mass is 10.5. The van der Waals surface area contributed by atoms with Gasteiger partial charge in [-0.15, -0.1) is 0 Å². The third-order valence-electron chi connectivity index (χ3n) is 0.447. The fourth-order valence-corrected chi connectivity index (χ4v) is 0. The summed E-state index contributed by atoms with van der Waals surface area (Å²) in [6, 6.07) is 0. The molecule has 0 aliphatic rings. The van der Waals surface area contributed by atoms with Crippen LogP contribution in [0, 0.1) is 0 Å². The van der Waals surface area contributed by atoms with Crippen LogP contribution in [-0.2, 0) is 0 Å². The molecule has 0 spiro atoms. The first kappa shape index (κ1) is 8.42. The van der Waals surface area contributed by atoms with Crippen molar-refractivity contribution < 1.29 is 15.3 Å². The van der Waals surface area contributed by atoms with Crippen LogP contribution >= 0.6 is 23.2 Å². The molecule has 0 aromatic carbocycles. The van der Waals surface area contributed by atoms with Gasteiger partial charge >= 0.3 is 5.97 Å². The Balaban J connectivity index is 4.02. The van der Waals surface area contributed by atoms with Crippen molar-refractivity contribution in [3.8, 4) is 0 Å². The van der Waals surface area contributed by atoms with E-state index in [-0.39, 0.29) is 0 Å². The lowest BCUT2D eigenvalue weighted by molar-refractivity contribution is -0.318. The fourth-order valence-electron chi connectivity index (χ4n) is 0. The molecule has 0 amide bonds. The fraction of sp³-hybridized carbons (Fsp3) is 1.00. The van der Waals surface area contributed by atoms with Crippen LogP contribution in [0.25, 0.3) is 0 Å². The summed E-state index contributed by atoms with van der Waals surface area (Å²) in [6.07, 6.45) is 0. The van der Waals surface area contributed by atoms with E-state index in [1.54, 1.807) is 0 Å². The van der Waals surface area contributed by atoms with E-state index in [1.807, 2.05) is 0 Å². The Morgan fingerprint density at radius 1 is 1.12 bits per heavy atom. The second kappa shape index (κ2) is 1.98. The van der Waals surface area contributed by atoms with Gasteiger partial charge in [-0.2, -0.15) is 0 Å². The molecule has 0 radical (unpaired) electrons. The van der Waals surface area contributed by atoms with Crippen LogP contribution in [0.4, 0.5) is 0 Å². The SMILES string of the molecule is NC(Cl)(Cl)C(O)(O)O. The van der Waals surface area contributed by atoms with E-state index >= 15 is 0 Å². The van der Waals surface area contributed by atoms with Crippen LogP contribution in [-0.4, -0.2) is 25.8 Å². The molecule has 0 rings (SSSR count). The molecular weight excluding hydrogens is 157 g/mol. The Bertz CT molecular complexity index is 70.3. The Morgan fingerprint density at radius 3 is 1.25 bits per heavy atom. The van der Waals surface area contributed by atoms with Crippen molar-refractivity contribution in [2.45, 2.75) is 10.4 Å². The molecule has 50 valence electrons. The smallest absolute Gasteiger partial charge is 0.324 e. The van der Waals surface area contributed by atoms with Gasteiger partial charge in [-0.1, -0.05) is 23.2 Å². The first-order chi connectivity index (χ1) is 3.25. The second-order valence-corrected chi connectivity index (χ2v) is 2.64. The van der Waals surface area contributed by atoms with Gasteiger partial charge in [-0.25, -0.2) is 0 Å². The van der Waals surface area contributed by atoms with Crippen LogP contribution < -0.4 is 5.73 Å². The zero-order valence-corrected chi connectivity index (χ0v) is 5.19. The van der Waals surface area contributed by atoms with Gasteiger partial charge in [0.25, 0.3) is 0 Å². The zero-order valence-electron chi connectivity index (χ0n) is 3.67. The maximum absolute atomic E-state index is 8.08. The van der Waals surface area contributed by atoms with Gasteiger partial charge in [0.1, 0.15) is 0 Å². The Kier molecular flexibility index (Phi) is 2.09. The van der Waals surface area contributed by atoms with Crippen LogP contribution in [0.15, 0.2) is 0 Å². The highest BCUT2D eigenvalue weighted by molar-refractivity contribution is 6.48. The minimum Gasteiger partial charge on any atom is -0.340 e. The molecule has 0 fully saturated rings. The number of rotatable bonds is 1. The van der Waals surface area contributed by atoms with Crippen LogP contribution in [0.3, 0.4) is 0 Å². The Morgan fingerprint density at radius 2 is 1.25 bits per heavy atom. The predicted molar refractivity (Wildman–Crippen MR) is 28.0 cm³/mol. The third kappa shape index (κ3) is 2.13. The summed E-state index contributed by atoms with van der Waals surface area (Å²) in [5.41, 5.74) is 4.59. The van der Waals surface area contributed by atoms with E-state index in [1.165, 1.54) is 0 Å². The van der Waals surface area contributed by atoms with E-state index in [0.29, 0.717) is 0 Å². The molecule has 0 aliphatic heterocycles. The van der Waals surface area contributed by atoms with E-state index < -0.39 is 10.4 Å². The van der Waals surface area contributed by atoms with Crippen molar-refractivity contribution >= 4 is 23.2 Å². The Labute approximate surface area is 55.4 Å². The normalized spacial score (nSPS) is 14.2. The van der Waals surface area contributed by atoms with Crippen molar-refractivity contribution in [1.82, 2.24) is 0 Å². The molecule has 0 atom stereocenters. The first-order valence-electron chi connectivity index (χ1n) is 1.59. The van der Waals surface area contributed by atoms with Crippen LogP contribution in [0.1, 0.15) is 0 Å². The maximum Gasteiger partial charge on any atom is 0.324 e. The number of alkyl halides is 2. The average Bonchev–Trinajstić information content (AvgIpc) is 1.25. The van der Waals surface area contributed by atoms with Gasteiger partial charge in [0.2, 0.25) is 4.46 Å². The topological polar surface area (TPSA) is 86.7 Å². The van der Waals surface area contributed by atoms with Gasteiger partial charge < -0.3 is 15.3 Å². The first-order valence-corrected chi connectivity index (χ1v) is 2.34. The molecule has 0 aliphatic carbocycles. The monoisotopic (exact) mass is 161 g/mol. The number of nitrogens with two attached hydrogens (primary N) is 1. The van der Waals surface area contributed by atoms with Crippen LogP contribution in [0.2, 0.25) is 0 Å². The highest BCUT2D eigenvalue weighted by Crippen LogP contribution is 2.22. The molecule has 0 aromatic rings. The highest BCUT2D eigenvalue weighted by Gasteiger charge is 2.42. The van der Waals surface area contributed by atoms with Crippen molar-refractivity contribution in [1.29, 1.82) is 0 Å². The minimum absolute atomic E-state index is 2.45. The number of aliphatic hydroxyl groups is 3. The van der Waals surface area contributed by atoms with E-state index in [0.717, 1.165) is 0 Å². The van der Waals surface area contributed by atoms with Gasteiger partial charge in [0.05, 0.1) is 0 Å². The van der Waals surface area contributed by atoms with Gasteiger partial charge in [0.15, 0.2) is 0 Å². The molecule has 5 N–H and O–H groups in total. The summed E-state index contributed by atoms with van der Waals surface area (Å²) in [5.74, 6) is -3.25. The molecule has 0 saturated carbocycles. The molecule has 0 heterocycles. The molecular formula is C2H5Cl2NO3. The number of halogens is 2. The van der Waals surface area contributed by atoms with Crippen molar-refractivity contribution in [3.63, 3.8) is 0 Å². The second-order valence-electron chi connectivity index (χ2n) is 1.26. The standard InChI is InChI=1S/C2H5Cl2NO3/c3-1(4,5)2(6,7)8/h6-8H,5H2. The summed E-state index contributed by atoms with van der Waals surface area (Å²) >= 11 is 9.60. The number of hydrogen-bond donors (Lipinski definition) is 4. The van der Waals surface area contributed by atoms with Gasteiger partial charge in [0, 0.05) is 0 Å². The lowest BCUT2D eigenvalue weighted by Gasteiger charge is -2.23. The summed E-state index contributed by atoms with van der Waals surface area (Å²) < 4.78 is -2.45. The van der Waals surface area contributed by atoms with Crippen LogP contribution in [0.5, 0.6) is 0 Å².